The number of nitrogens with zero attached hydrogens (tertiary/aromatic N) is 1. The van der Waals surface area contributed by atoms with Crippen molar-refractivity contribution in [3.8, 4) is 17.1 Å². The fourth-order valence-electron chi connectivity index (χ4n) is 3.14. The molecule has 4 rings (SSSR count). The van der Waals surface area contributed by atoms with Gasteiger partial charge < -0.3 is 9.15 Å². The van der Waals surface area contributed by atoms with Crippen LogP contribution in [0.3, 0.4) is 0 Å². The predicted molar refractivity (Wildman–Crippen MR) is 109 cm³/mol. The van der Waals surface area contributed by atoms with Gasteiger partial charge in [0.15, 0.2) is 0 Å². The topological polar surface area (TPSA) is 34.7 Å². The monoisotopic (exact) mass is 355 g/mol. The Hall–Kier alpha value is -3.33. The SMILES string of the molecule is COc1ccc(-c2cc(=N[C@H](C)c3ccccc3)c3ccccc3o2)cc1. The molecule has 0 spiro atoms. The number of benzene rings is 3. The van der Waals surface area contributed by atoms with Crippen molar-refractivity contribution in [2.45, 2.75) is 13.0 Å². The third kappa shape index (κ3) is 3.63. The van der Waals surface area contributed by atoms with Gasteiger partial charge >= 0.3 is 0 Å². The van der Waals surface area contributed by atoms with Crippen LogP contribution in [-0.4, -0.2) is 7.11 Å². The van der Waals surface area contributed by atoms with E-state index >= 15 is 0 Å². The highest BCUT2D eigenvalue weighted by atomic mass is 16.5. The first kappa shape index (κ1) is 17.1. The van der Waals surface area contributed by atoms with E-state index < -0.39 is 0 Å². The van der Waals surface area contributed by atoms with E-state index in [-0.39, 0.29) is 6.04 Å². The van der Waals surface area contributed by atoms with Crippen molar-refractivity contribution < 1.29 is 9.15 Å². The van der Waals surface area contributed by atoms with Crippen molar-refractivity contribution in [2.24, 2.45) is 4.99 Å². The molecule has 0 bridgehead atoms. The molecule has 0 saturated heterocycles. The van der Waals surface area contributed by atoms with E-state index in [1.807, 2.05) is 72.8 Å². The zero-order chi connectivity index (χ0) is 18.6. The number of hydrogen-bond donors (Lipinski definition) is 0. The lowest BCUT2D eigenvalue weighted by molar-refractivity contribution is 0.415. The minimum absolute atomic E-state index is 0.0562. The molecule has 0 aliphatic heterocycles. The van der Waals surface area contributed by atoms with Gasteiger partial charge in [0.25, 0.3) is 0 Å². The van der Waals surface area contributed by atoms with Gasteiger partial charge in [0.1, 0.15) is 17.1 Å². The van der Waals surface area contributed by atoms with Crippen LogP contribution in [0, 0.1) is 0 Å². The van der Waals surface area contributed by atoms with E-state index in [4.69, 9.17) is 14.1 Å². The maximum absolute atomic E-state index is 6.15. The fourth-order valence-corrected chi connectivity index (χ4v) is 3.14. The van der Waals surface area contributed by atoms with Crippen LogP contribution in [0.2, 0.25) is 0 Å². The molecular formula is C24H21NO2. The molecule has 0 fully saturated rings. The fraction of sp³-hybridized carbons (Fsp3) is 0.125. The molecule has 3 nitrogen and oxygen atoms in total. The first-order valence-electron chi connectivity index (χ1n) is 9.01. The van der Waals surface area contributed by atoms with E-state index in [1.165, 1.54) is 5.56 Å². The summed E-state index contributed by atoms with van der Waals surface area (Å²) >= 11 is 0. The molecule has 0 aliphatic rings. The summed E-state index contributed by atoms with van der Waals surface area (Å²) in [6.07, 6.45) is 0. The summed E-state index contributed by atoms with van der Waals surface area (Å²) in [5.41, 5.74) is 3.00. The molecule has 0 N–H and O–H groups in total. The minimum Gasteiger partial charge on any atom is -0.497 e. The predicted octanol–water partition coefficient (Wildman–Crippen LogP) is 5.77. The number of ether oxygens (including phenoxy) is 1. The van der Waals surface area contributed by atoms with E-state index in [2.05, 4.69) is 19.1 Å². The summed E-state index contributed by atoms with van der Waals surface area (Å²) in [6.45, 7) is 2.11. The van der Waals surface area contributed by atoms with Gasteiger partial charge in [-0.3, -0.25) is 4.99 Å². The van der Waals surface area contributed by atoms with Crippen LogP contribution in [0.5, 0.6) is 5.75 Å². The standard InChI is InChI=1S/C24H21NO2/c1-17(18-8-4-3-5-9-18)25-22-16-24(19-12-14-20(26-2)15-13-19)27-23-11-7-6-10-21(22)23/h3-17H,1-2H3/t17-/m1/s1. The Labute approximate surface area is 158 Å². The van der Waals surface area contributed by atoms with Crippen LogP contribution in [0.1, 0.15) is 18.5 Å². The molecule has 27 heavy (non-hydrogen) atoms. The Morgan fingerprint density at radius 2 is 1.56 bits per heavy atom. The van der Waals surface area contributed by atoms with Crippen LogP contribution < -0.4 is 10.1 Å². The highest BCUT2D eigenvalue weighted by Gasteiger charge is 2.08. The molecule has 0 amide bonds. The molecule has 0 radical (unpaired) electrons. The van der Waals surface area contributed by atoms with Crippen LogP contribution in [0.4, 0.5) is 0 Å². The van der Waals surface area contributed by atoms with Gasteiger partial charge in [0.05, 0.1) is 18.5 Å². The van der Waals surface area contributed by atoms with Crippen LogP contribution in [-0.2, 0) is 0 Å². The Bertz CT molecular complexity index is 1110. The van der Waals surface area contributed by atoms with E-state index in [0.717, 1.165) is 33.4 Å². The van der Waals surface area contributed by atoms with Gasteiger partial charge in [-0.2, -0.15) is 0 Å². The number of methoxy groups -OCH3 is 1. The highest BCUT2D eigenvalue weighted by molar-refractivity contribution is 5.78. The van der Waals surface area contributed by atoms with Gasteiger partial charge in [-0.25, -0.2) is 0 Å². The third-order valence-corrected chi connectivity index (χ3v) is 4.64. The summed E-state index contributed by atoms with van der Waals surface area (Å²) in [5, 5.41) is 1.94. The smallest absolute Gasteiger partial charge is 0.136 e. The second-order valence-corrected chi connectivity index (χ2v) is 6.44. The number of fused-ring (bicyclic) bond motifs is 1. The number of hydrogen-bond acceptors (Lipinski definition) is 3. The molecule has 1 heterocycles. The van der Waals surface area contributed by atoms with Crippen LogP contribution in [0.25, 0.3) is 22.3 Å². The van der Waals surface area contributed by atoms with Crippen molar-refractivity contribution in [2.75, 3.05) is 7.11 Å². The van der Waals surface area contributed by atoms with Gasteiger partial charge in [-0.15, -0.1) is 0 Å². The molecule has 1 aromatic heterocycles. The summed E-state index contributed by atoms with van der Waals surface area (Å²) < 4.78 is 11.4. The van der Waals surface area contributed by atoms with Crippen molar-refractivity contribution in [1.29, 1.82) is 0 Å². The van der Waals surface area contributed by atoms with Crippen molar-refractivity contribution in [3.05, 3.63) is 95.8 Å². The number of para-hydroxylation sites is 1. The Morgan fingerprint density at radius 3 is 2.30 bits per heavy atom. The zero-order valence-electron chi connectivity index (χ0n) is 15.4. The molecule has 0 unspecified atom stereocenters. The average Bonchev–Trinajstić information content (AvgIpc) is 2.74. The van der Waals surface area contributed by atoms with Crippen LogP contribution >= 0.6 is 0 Å². The van der Waals surface area contributed by atoms with Crippen molar-refractivity contribution in [3.63, 3.8) is 0 Å². The Morgan fingerprint density at radius 1 is 0.852 bits per heavy atom. The van der Waals surface area contributed by atoms with E-state index in [9.17, 15) is 0 Å². The maximum atomic E-state index is 6.15. The number of rotatable bonds is 4. The normalized spacial score (nSPS) is 12.9. The van der Waals surface area contributed by atoms with Gasteiger partial charge in [-0.05, 0) is 48.9 Å². The van der Waals surface area contributed by atoms with Gasteiger partial charge in [0.2, 0.25) is 0 Å². The Balaban J connectivity index is 1.87. The first-order valence-corrected chi connectivity index (χ1v) is 9.01. The second-order valence-electron chi connectivity index (χ2n) is 6.44. The average molecular weight is 355 g/mol. The molecule has 0 saturated carbocycles. The van der Waals surface area contributed by atoms with Gasteiger partial charge in [0, 0.05) is 17.0 Å². The first-order chi connectivity index (χ1) is 13.2. The Kier molecular flexibility index (Phi) is 4.75. The highest BCUT2D eigenvalue weighted by Crippen LogP contribution is 2.25. The molecule has 3 aromatic carbocycles. The lowest BCUT2D eigenvalue weighted by Gasteiger charge is -2.09. The van der Waals surface area contributed by atoms with Crippen molar-refractivity contribution >= 4 is 11.0 Å². The maximum Gasteiger partial charge on any atom is 0.136 e. The van der Waals surface area contributed by atoms with E-state index in [1.54, 1.807) is 7.11 Å². The molecule has 1 atom stereocenters. The zero-order valence-corrected chi connectivity index (χ0v) is 15.4. The molecule has 4 aromatic rings. The van der Waals surface area contributed by atoms with Crippen LogP contribution in [0.15, 0.2) is 94.3 Å². The molecule has 3 heteroatoms. The lowest BCUT2D eigenvalue weighted by Crippen LogP contribution is -2.06. The summed E-state index contributed by atoms with van der Waals surface area (Å²) in [5.74, 6) is 1.61. The van der Waals surface area contributed by atoms with E-state index in [0.29, 0.717) is 0 Å². The lowest BCUT2D eigenvalue weighted by atomic mass is 10.1. The second kappa shape index (κ2) is 7.50. The summed E-state index contributed by atoms with van der Waals surface area (Å²) in [4.78, 5) is 4.99. The third-order valence-electron chi connectivity index (χ3n) is 4.64. The quantitative estimate of drug-likeness (QED) is 0.466. The largest absolute Gasteiger partial charge is 0.497 e. The molecule has 0 aliphatic carbocycles. The molecular weight excluding hydrogens is 334 g/mol. The summed E-state index contributed by atoms with van der Waals surface area (Å²) in [7, 11) is 1.66. The minimum atomic E-state index is 0.0562. The van der Waals surface area contributed by atoms with Gasteiger partial charge in [-0.1, -0.05) is 42.5 Å². The van der Waals surface area contributed by atoms with Crippen molar-refractivity contribution in [1.82, 2.24) is 0 Å². The summed E-state index contributed by atoms with van der Waals surface area (Å²) in [6, 6.07) is 28.3. The molecule has 134 valence electrons.